The van der Waals surface area contributed by atoms with Gasteiger partial charge in [0.2, 0.25) is 0 Å². The first-order valence-corrected chi connectivity index (χ1v) is 33.3. The molecule has 7 aliphatic rings. The summed E-state index contributed by atoms with van der Waals surface area (Å²) in [4.78, 5) is 131. The number of H-pyrrole nitrogens is 5. The number of carbonyl (C=O) groups is 5. The average Bonchev–Trinajstić information content (AvgIpc) is 1.02. The van der Waals surface area contributed by atoms with Gasteiger partial charge in [-0.1, -0.05) is 81.0 Å². The molecule has 2 atom stereocenters. The number of nitrogens with one attached hydrogen (secondary N) is 6. The molecule has 4 saturated heterocycles. The van der Waals surface area contributed by atoms with Crippen molar-refractivity contribution in [3.63, 3.8) is 0 Å². The van der Waals surface area contributed by atoms with Gasteiger partial charge in [0.15, 0.2) is 12.2 Å². The number of aryl methyl sites for hydroxylation is 2. The SMILES string of the molecule is Cc1cc(CC(OC(=O)N2CCC(n3c(=O)[nH]c4ccccc43)CC2)C(=O)N2CCN(C3CCCCC3)CC2)cc2[nH]c(=O)[nH]c12.Cc1cc(CC(OC(=O)N2CCC3(CC2)OC(=O)Nc2ccccc23)C(=O)N2CCN(C3CCCCC3)CC2)cc2[nH]c(=O)[nH]c12. The summed E-state index contributed by atoms with van der Waals surface area (Å²) in [5.41, 5.74) is 7.83. The van der Waals surface area contributed by atoms with Crippen molar-refractivity contribution >= 4 is 68.9 Å². The van der Waals surface area contributed by atoms with E-state index in [1.165, 1.54) is 64.2 Å². The second kappa shape index (κ2) is 26.9. The molecule has 5 aliphatic heterocycles. The molecule has 0 bridgehead atoms. The number of benzene rings is 4. The number of piperidine rings is 2. The summed E-state index contributed by atoms with van der Waals surface area (Å²) in [6.07, 6.45) is 11.4. The van der Waals surface area contributed by atoms with E-state index in [9.17, 15) is 38.4 Å². The normalized spacial score (nSPS) is 20.3. The average molecular weight is 1260 g/mol. The van der Waals surface area contributed by atoms with Crippen LogP contribution >= 0.6 is 0 Å². The number of para-hydroxylation sites is 3. The first kappa shape index (κ1) is 62.2. The number of anilines is 1. The number of hydrogen-bond acceptors (Lipinski definition) is 13. The van der Waals surface area contributed by atoms with Gasteiger partial charge in [0.25, 0.3) is 11.8 Å². The maximum absolute atomic E-state index is 14.1. The van der Waals surface area contributed by atoms with Gasteiger partial charge in [-0.2, -0.15) is 0 Å². The minimum Gasteiger partial charge on any atom is -0.438 e. The minimum absolute atomic E-state index is 0.0382. The van der Waals surface area contributed by atoms with Gasteiger partial charge < -0.3 is 58.7 Å². The van der Waals surface area contributed by atoms with Crippen LogP contribution in [0.3, 0.4) is 0 Å². The Labute approximate surface area is 532 Å². The van der Waals surface area contributed by atoms with Gasteiger partial charge in [0, 0.05) is 128 Å². The number of amides is 5. The highest BCUT2D eigenvalue weighted by molar-refractivity contribution is 5.89. The van der Waals surface area contributed by atoms with E-state index in [2.05, 4.69) is 40.0 Å². The van der Waals surface area contributed by atoms with E-state index in [1.54, 1.807) is 14.4 Å². The van der Waals surface area contributed by atoms with E-state index in [0.717, 1.165) is 81.8 Å². The zero-order valence-corrected chi connectivity index (χ0v) is 52.7. The predicted molar refractivity (Wildman–Crippen MR) is 347 cm³/mol. The van der Waals surface area contributed by atoms with Crippen LogP contribution in [0.25, 0.3) is 33.1 Å². The molecule has 2 saturated carbocycles. The number of ether oxygens (including phenoxy) is 3. The van der Waals surface area contributed by atoms with Crippen LogP contribution < -0.4 is 22.4 Å². The topological polar surface area (TPSA) is 280 Å². The molecule has 3 aromatic heterocycles. The summed E-state index contributed by atoms with van der Waals surface area (Å²) in [5.74, 6) is -0.385. The Morgan fingerprint density at radius 1 is 0.511 bits per heavy atom. The number of fused-ring (bicyclic) bond motifs is 5. The van der Waals surface area contributed by atoms with Gasteiger partial charge >= 0.3 is 35.3 Å². The lowest BCUT2D eigenvalue weighted by Crippen LogP contribution is -2.55. The van der Waals surface area contributed by atoms with Crippen LogP contribution in [-0.4, -0.2) is 192 Å². The molecule has 0 radical (unpaired) electrons. The lowest BCUT2D eigenvalue weighted by Gasteiger charge is -2.44. The van der Waals surface area contributed by atoms with Gasteiger partial charge in [-0.05, 0) is 105 Å². The number of likely N-dealkylation sites (tertiary alicyclic amines) is 2. The van der Waals surface area contributed by atoms with Crippen LogP contribution in [0.4, 0.5) is 20.1 Å². The van der Waals surface area contributed by atoms with Crippen LogP contribution in [0.5, 0.6) is 0 Å². The second-order valence-corrected chi connectivity index (χ2v) is 26.4. The first-order chi connectivity index (χ1) is 44.6. The summed E-state index contributed by atoms with van der Waals surface area (Å²) >= 11 is 0. The fourth-order valence-electron chi connectivity index (χ4n) is 15.6. The van der Waals surface area contributed by atoms with Crippen LogP contribution in [-0.2, 0) is 42.2 Å². The third-order valence-corrected chi connectivity index (χ3v) is 20.6. The van der Waals surface area contributed by atoms with Crippen LogP contribution in [0.2, 0.25) is 0 Å². The van der Waals surface area contributed by atoms with E-state index < -0.39 is 36.1 Å². The summed E-state index contributed by atoms with van der Waals surface area (Å²) < 4.78 is 19.7. The van der Waals surface area contributed by atoms with Crippen molar-refractivity contribution in [3.05, 3.63) is 132 Å². The van der Waals surface area contributed by atoms with Gasteiger partial charge in [-0.25, -0.2) is 28.8 Å². The highest BCUT2D eigenvalue weighted by atomic mass is 16.6. The van der Waals surface area contributed by atoms with Crippen molar-refractivity contribution in [3.8, 4) is 0 Å². The molecular weight excluding hydrogens is 1170 g/mol. The fourth-order valence-corrected chi connectivity index (χ4v) is 15.6. The van der Waals surface area contributed by atoms with E-state index >= 15 is 0 Å². The van der Waals surface area contributed by atoms with Crippen LogP contribution in [0, 0.1) is 13.8 Å². The smallest absolute Gasteiger partial charge is 0.412 e. The van der Waals surface area contributed by atoms with Gasteiger partial charge in [-0.15, -0.1) is 0 Å². The lowest BCUT2D eigenvalue weighted by atomic mass is 9.82. The van der Waals surface area contributed by atoms with E-state index in [0.29, 0.717) is 101 Å². The number of rotatable bonds is 11. The Hall–Kier alpha value is -8.64. The molecule has 1 spiro atoms. The van der Waals surface area contributed by atoms with Gasteiger partial charge in [-0.3, -0.25) is 29.3 Å². The summed E-state index contributed by atoms with van der Waals surface area (Å²) in [6.45, 7) is 11.0. The summed E-state index contributed by atoms with van der Waals surface area (Å²) in [5, 5.41) is 2.76. The van der Waals surface area contributed by atoms with Crippen molar-refractivity contribution in [2.75, 3.05) is 83.9 Å². The molecular formula is C68H85N13O11. The van der Waals surface area contributed by atoms with E-state index in [-0.39, 0.29) is 47.8 Å². The third kappa shape index (κ3) is 13.4. The molecule has 7 aromatic rings. The zero-order valence-electron chi connectivity index (χ0n) is 52.7. The Morgan fingerprint density at radius 3 is 1.51 bits per heavy atom. The van der Waals surface area contributed by atoms with Crippen molar-refractivity contribution in [2.24, 2.45) is 0 Å². The number of hydrogen-bond donors (Lipinski definition) is 6. The predicted octanol–water partition coefficient (Wildman–Crippen LogP) is 7.91. The molecule has 8 heterocycles. The van der Waals surface area contributed by atoms with E-state index in [1.807, 2.05) is 96.4 Å². The molecule has 14 rings (SSSR count). The van der Waals surface area contributed by atoms with Crippen molar-refractivity contribution in [1.82, 2.24) is 58.9 Å². The zero-order chi connectivity index (χ0) is 63.6. The first-order valence-electron chi connectivity index (χ1n) is 33.3. The quantitative estimate of drug-likeness (QED) is 0.0673. The fraction of sp³-hybridized carbons (Fsp3) is 0.529. The highest BCUT2D eigenvalue weighted by Gasteiger charge is 2.46. The number of nitrogens with zero attached hydrogens (tertiary/aromatic N) is 7. The molecule has 2 unspecified atom stereocenters. The molecule has 2 aliphatic carbocycles. The number of aromatic nitrogens is 6. The Kier molecular flexibility index (Phi) is 18.2. The summed E-state index contributed by atoms with van der Waals surface area (Å²) in [7, 11) is 0. The standard InChI is InChI=1S/C34H43N7O5.C34H42N6O6/c1-22-19-23(20-27-30(22)37-32(43)35-27)21-29(31(42)39-17-15-38(16-18-39)24-7-3-2-4-8-24)46-34(45)40-13-11-25(12-14-40)41-28-10-6-5-9-26(28)36-33(41)44;1-22-19-23(20-27-29(22)37-31(42)35-27)21-28(30(41)39-17-15-38(16-18-39)24-7-3-2-4-8-24)45-33(44)40-13-11-34(12-14-40)25-9-5-6-10-26(25)36-32(43)46-34/h5-6,9-10,19-20,24-25,29H,2-4,7-8,11-18,21H2,1H3,(H,36,44)(H2,35,37,43);5-6,9-10,19-20,24,28H,2-4,7-8,11-18,21H2,1H3,(H,36,43)(H2,35,37,42). The van der Waals surface area contributed by atoms with Crippen molar-refractivity contribution < 1.29 is 38.2 Å². The summed E-state index contributed by atoms with van der Waals surface area (Å²) in [6, 6.07) is 23.9. The monoisotopic (exact) mass is 1260 g/mol. The Balaban J connectivity index is 0.000000168. The Morgan fingerprint density at radius 2 is 0.989 bits per heavy atom. The number of piperazine rings is 2. The Bertz CT molecular complexity index is 4020. The lowest BCUT2D eigenvalue weighted by molar-refractivity contribution is -0.143. The number of aromatic amines is 5. The minimum atomic E-state index is -1.02. The van der Waals surface area contributed by atoms with Crippen molar-refractivity contribution in [1.29, 1.82) is 0 Å². The molecule has 24 heteroatoms. The van der Waals surface area contributed by atoms with E-state index in [4.69, 9.17) is 14.2 Å². The van der Waals surface area contributed by atoms with Gasteiger partial charge in [0.1, 0.15) is 5.60 Å². The molecule has 4 aromatic carbocycles. The van der Waals surface area contributed by atoms with Crippen LogP contribution in [0.15, 0.2) is 87.2 Å². The number of carbonyl (C=O) groups excluding carboxylic acids is 5. The maximum Gasteiger partial charge on any atom is 0.412 e. The van der Waals surface area contributed by atoms with Gasteiger partial charge in [0.05, 0.1) is 38.8 Å². The second-order valence-electron chi connectivity index (χ2n) is 26.4. The largest absolute Gasteiger partial charge is 0.438 e. The third-order valence-electron chi connectivity index (χ3n) is 20.6. The van der Waals surface area contributed by atoms with Crippen molar-refractivity contribution in [2.45, 2.75) is 153 Å². The molecule has 5 amide bonds. The number of imidazole rings is 3. The molecule has 6 N–H and O–H groups in total. The molecule has 92 heavy (non-hydrogen) atoms. The molecule has 6 fully saturated rings. The molecule has 24 nitrogen and oxygen atoms in total. The highest BCUT2D eigenvalue weighted by Crippen LogP contribution is 2.44. The molecule has 488 valence electrons. The van der Waals surface area contributed by atoms with Crippen LogP contribution in [0.1, 0.15) is 124 Å². The maximum atomic E-state index is 14.1.